The van der Waals surface area contributed by atoms with Crippen LogP contribution in [-0.2, 0) is 80.0 Å². The zero-order chi connectivity index (χ0) is 72.5. The summed E-state index contributed by atoms with van der Waals surface area (Å²) < 4.78 is 0. The van der Waals surface area contributed by atoms with Crippen molar-refractivity contribution in [3.8, 4) is 5.75 Å². The van der Waals surface area contributed by atoms with Gasteiger partial charge in [0.25, 0.3) is 0 Å². The van der Waals surface area contributed by atoms with Crippen molar-refractivity contribution in [3.63, 3.8) is 0 Å². The van der Waals surface area contributed by atoms with Gasteiger partial charge < -0.3 is 16.6 Å². The normalized spacial score (nSPS) is 16.0. The van der Waals surface area contributed by atoms with Gasteiger partial charge >= 0.3 is 561 Å². The van der Waals surface area contributed by atoms with Gasteiger partial charge in [-0.25, -0.2) is 0 Å². The summed E-state index contributed by atoms with van der Waals surface area (Å²) in [7, 11) is 0. The number of carbonyl (C=O) groups excluding carboxylic acids is 13. The van der Waals surface area contributed by atoms with Crippen LogP contribution >= 0.6 is 0 Å². The fourth-order valence-corrected chi connectivity index (χ4v) is 11.5. The number of aromatic amines is 1. The van der Waals surface area contributed by atoms with Gasteiger partial charge in [-0.3, -0.25) is 4.79 Å². The number of imidazole rings is 1. The number of aliphatic hydroxyl groups is 1. The molecule has 0 spiro atoms. The Morgan fingerprint density at radius 1 is 0.629 bits per heavy atom. The van der Waals surface area contributed by atoms with E-state index in [1.807, 2.05) is 16.0 Å². The molecule has 1 aliphatic rings. The molecule has 2 aromatic rings. The second-order valence-electron chi connectivity index (χ2n) is 22.2. The molecule has 0 unspecified atom stereocenters. The summed E-state index contributed by atoms with van der Waals surface area (Å²) in [4.78, 5) is 196. The van der Waals surface area contributed by atoms with Crippen LogP contribution in [0.4, 0.5) is 0 Å². The first-order valence-corrected chi connectivity index (χ1v) is 35.8. The summed E-state index contributed by atoms with van der Waals surface area (Å²) >= 11 is 8.36. The number of nitrogens with one attached hydrogen (secondary N) is 14. The third-order valence-corrected chi connectivity index (χ3v) is 17.7. The van der Waals surface area contributed by atoms with Crippen molar-refractivity contribution in [2.75, 3.05) is 32.8 Å². The zero-order valence-electron chi connectivity index (χ0n) is 52.9. The van der Waals surface area contributed by atoms with Crippen LogP contribution in [0.2, 0.25) is 21.3 Å². The average molecular weight is 1630 g/mol. The number of nitrogens with zero attached hydrogens (tertiary/aromatic N) is 2. The van der Waals surface area contributed by atoms with Gasteiger partial charge in [0.2, 0.25) is 5.91 Å². The van der Waals surface area contributed by atoms with E-state index in [1.54, 1.807) is 0 Å². The number of phenolic OH excluding ortho intramolecular Hbond substituents is 1. The van der Waals surface area contributed by atoms with Crippen LogP contribution in [0, 0.1) is 5.41 Å². The number of likely N-dealkylation sites (tertiary alicyclic amines) is 1. The van der Waals surface area contributed by atoms with Gasteiger partial charge in [-0.1, -0.05) is 0 Å². The van der Waals surface area contributed by atoms with E-state index in [9.17, 15) is 82.4 Å². The molecule has 2 heterocycles. The molecule has 37 nitrogen and oxygen atoms in total. The molecule has 1 aromatic carbocycles. The molecule has 1 aliphatic heterocycles. The van der Waals surface area contributed by atoms with Crippen molar-refractivity contribution in [1.82, 2.24) is 78.7 Å². The van der Waals surface area contributed by atoms with E-state index in [1.165, 1.54) is 48.6 Å². The third-order valence-electron chi connectivity index (χ3n) is 14.6. The van der Waals surface area contributed by atoms with Crippen LogP contribution in [0.25, 0.3) is 0 Å². The van der Waals surface area contributed by atoms with Crippen LogP contribution < -0.4 is 86.7 Å². The Labute approximate surface area is 590 Å². The number of aromatic hydroxyl groups is 1. The summed E-state index contributed by atoms with van der Waals surface area (Å²) in [6.45, 7) is 0.0737. The molecule has 1 saturated heterocycles. The van der Waals surface area contributed by atoms with Gasteiger partial charge in [0, 0.05) is 0 Å². The van der Waals surface area contributed by atoms with E-state index >= 15 is 0 Å². The number of aromatic nitrogens is 2. The number of aliphatic carboxylic acids is 1. The summed E-state index contributed by atoms with van der Waals surface area (Å²) in [5.41, 5.74) is 23.2. The molecule has 0 saturated carbocycles. The number of hydrogen-bond acceptors (Lipinski definition) is 20. The number of aliphatic hydroxyl groups excluding tert-OH is 1. The van der Waals surface area contributed by atoms with Crippen molar-refractivity contribution in [2.45, 2.75) is 165 Å². The van der Waals surface area contributed by atoms with Gasteiger partial charge in [0.15, 0.2) is 0 Å². The Bertz CT molecular complexity index is 3050. The molecule has 3 rings (SSSR count). The van der Waals surface area contributed by atoms with Crippen LogP contribution in [0.5, 0.6) is 5.75 Å². The van der Waals surface area contributed by atoms with Gasteiger partial charge in [0.1, 0.15) is 5.75 Å². The number of carbonyl (C=O) groups is 14. The molecule has 1 aromatic heterocycles. The molecular weight excluding hydrogens is 1540 g/mol. The van der Waals surface area contributed by atoms with E-state index < -0.39 is 175 Å². The van der Waals surface area contributed by atoms with Gasteiger partial charge in [-0.2, -0.15) is 0 Å². The number of rotatable bonds is 43. The maximum atomic E-state index is 14.4. The van der Waals surface area contributed by atoms with Crippen molar-refractivity contribution >= 4 is 153 Å². The molecule has 97 heavy (non-hydrogen) atoms. The van der Waals surface area contributed by atoms with Gasteiger partial charge in [-0.05, 0) is 0 Å². The predicted molar refractivity (Wildman–Crippen MR) is 353 cm³/mol. The fourth-order valence-electron chi connectivity index (χ4n) is 9.32. The van der Waals surface area contributed by atoms with E-state index in [-0.39, 0.29) is 84.6 Å². The molecule has 538 valence electrons. The van der Waals surface area contributed by atoms with Gasteiger partial charge in [0.05, 0.1) is 0 Å². The number of benzene rings is 1. The molecule has 1 fully saturated rings. The number of nitrogens with two attached hydrogens (primary N) is 4. The van der Waals surface area contributed by atoms with E-state index in [4.69, 9.17) is 28.3 Å². The van der Waals surface area contributed by atoms with E-state index in [2.05, 4.69) is 122 Å². The summed E-state index contributed by atoms with van der Waals surface area (Å²) in [6, 6.07) is -11.1. The minimum absolute atomic E-state index is 0.00711. The van der Waals surface area contributed by atoms with E-state index in [0.717, 1.165) is 0 Å². The number of amides is 13. The Kier molecular flexibility index (Phi) is 37.2. The second kappa shape index (κ2) is 43.3. The van der Waals surface area contributed by atoms with Crippen molar-refractivity contribution < 1.29 is 82.4 Å². The van der Waals surface area contributed by atoms with Crippen molar-refractivity contribution in [1.29, 1.82) is 5.41 Å². The standard InChI is InChI=1S/C56H88N20O17Se4/c1-27(66-53(90)41-8-5-15-76(41)54(91)35(17-29-19-62-26-65-29)70-51(88)39(24-96)74-52(89)38(23-95)73-45(82)31(58)6-4-14-63-56(60)61)44(81)72-37(22-94)46(83)64-20-43(80)67-32(7-2-3-13-57)47(84)69-34(18-42(59)79)49(86)68-33(16-28-9-11-30(78)12-10-28)48(85)71-36(21-77)50(87)75-40(25-97)55(92)93/h9-12,19,26-27,31-41,77-78,94-97H,2-8,13-18,20-25,57-58H2,1H3,(H2,59,79)(H,62,65)(H,64,83)(H,66,90)(H,67,80)(H,68,86)(H,69,84)(H,70,88)(H,71,85)(H,72,81)(H,73,82)(H,74,89)(H,75,87)(H,92,93)(H4,60,61,63)/t27-,31-,32-,33-,34-,35-,36-,37-,38-,39-,40-,41-/m0/s1. The molecule has 13 amide bonds. The zero-order valence-corrected chi connectivity index (χ0v) is 60.4. The average Bonchev–Trinajstić information content (AvgIpc) is 1.77. The number of H-pyrrole nitrogens is 1. The second-order valence-corrected chi connectivity index (χ2v) is 25.2. The molecule has 25 N–H and O–H groups in total. The third kappa shape index (κ3) is 28.9. The number of primary amides is 1. The molecule has 12 atom stereocenters. The Morgan fingerprint density at radius 2 is 1.15 bits per heavy atom. The number of hydrogen-bond donors (Lipinski definition) is 21. The Hall–Kier alpha value is -7.96. The maximum absolute atomic E-state index is 14.4. The molecule has 0 aliphatic carbocycles. The first kappa shape index (κ1) is 83.3. The van der Waals surface area contributed by atoms with E-state index in [0.29, 0.717) is 37.1 Å². The number of carboxylic acid groups (broad SMARTS) is 1. The monoisotopic (exact) mass is 1630 g/mol. The number of guanidine groups is 1. The Morgan fingerprint density at radius 3 is 1.72 bits per heavy atom. The SMILES string of the molecule is C[C@H](NC(=O)[C@@H]1CCCN1C(=O)[C@H](Cc1c[nH]cn1)NC(=O)[C@H](C[SeH])NC(=O)[C@H](C[SeH])NC(=O)[C@@H](N)CCCNC(=N)N)C(=O)N[C@@H](C[SeH])C(=O)NCC(=O)N[C@@H](CCCCN)C(=O)N[C@@H](CC(N)=O)C(=O)N[C@@H](Cc1ccc(O)cc1)C(=O)N[C@@H](CO)C(=O)N[C@@H](C[SeH])C(=O)O. The number of carboxylic acids is 1. The molecule has 0 radical (unpaired) electrons. The fraction of sp³-hybridized carbons (Fsp3) is 0.571. The van der Waals surface area contributed by atoms with Gasteiger partial charge in [-0.15, -0.1) is 0 Å². The predicted octanol–water partition coefficient (Wildman–Crippen LogP) is -11.2. The minimum atomic E-state index is -1.81. The molecule has 41 heteroatoms. The first-order valence-electron chi connectivity index (χ1n) is 30.5. The van der Waals surface area contributed by atoms with Crippen molar-refractivity contribution in [3.05, 3.63) is 48.0 Å². The topological polar surface area (TPSA) is 604 Å². The quantitative estimate of drug-likeness (QED) is 0.0127. The summed E-state index contributed by atoms with van der Waals surface area (Å²) in [5, 5.41) is 65.9. The molecular formula is C56H88N20O17Se4. The number of unbranched alkanes of at least 4 members (excludes halogenated alkanes) is 1. The number of phenols is 1. The van der Waals surface area contributed by atoms with Crippen LogP contribution in [0.3, 0.4) is 0 Å². The Balaban J connectivity index is 1.69. The van der Waals surface area contributed by atoms with Crippen LogP contribution in [-0.4, -0.2) is 288 Å². The van der Waals surface area contributed by atoms with Crippen LogP contribution in [0.15, 0.2) is 36.8 Å². The summed E-state index contributed by atoms with van der Waals surface area (Å²) in [5.74, 6) is -13.5. The van der Waals surface area contributed by atoms with Crippen molar-refractivity contribution in [2.24, 2.45) is 22.9 Å². The molecule has 0 bridgehead atoms. The first-order chi connectivity index (χ1) is 46.0. The van der Waals surface area contributed by atoms with Crippen LogP contribution in [0.1, 0.15) is 69.5 Å². The summed E-state index contributed by atoms with van der Waals surface area (Å²) in [6.07, 6.45) is 3.12.